The number of hydrogen-bond acceptors (Lipinski definition) is 6. The third-order valence-corrected chi connectivity index (χ3v) is 4.07. The molecule has 0 aliphatic rings. The van der Waals surface area contributed by atoms with E-state index in [4.69, 9.17) is 28.4 Å². The topological polar surface area (TPSA) is 55.4 Å². The zero-order valence-electron chi connectivity index (χ0n) is 17.6. The molecule has 0 amide bonds. The van der Waals surface area contributed by atoms with Gasteiger partial charge in [0.1, 0.15) is 0 Å². The molecule has 0 aliphatic heterocycles. The molecule has 0 aliphatic carbocycles. The lowest BCUT2D eigenvalue weighted by Gasteiger charge is -2.10. The van der Waals surface area contributed by atoms with Gasteiger partial charge in [0.2, 0.25) is 0 Å². The minimum absolute atomic E-state index is 0.561. The van der Waals surface area contributed by atoms with Crippen LogP contribution >= 0.6 is 0 Å². The van der Waals surface area contributed by atoms with Gasteiger partial charge in [-0.1, -0.05) is 50.6 Å². The Balaban J connectivity index is 1.69. The van der Waals surface area contributed by atoms with Gasteiger partial charge in [-0.3, -0.25) is 0 Å². The van der Waals surface area contributed by atoms with Crippen molar-refractivity contribution in [2.75, 3.05) is 72.7 Å². The molecule has 0 N–H and O–H groups in total. The monoisotopic (exact) mass is 398 g/mol. The van der Waals surface area contributed by atoms with E-state index < -0.39 is 0 Å². The van der Waals surface area contributed by atoms with Gasteiger partial charge in [-0.25, -0.2) is 0 Å². The molecule has 0 spiro atoms. The lowest BCUT2D eigenvalue weighted by Crippen LogP contribution is -2.14. The fraction of sp³-hybridized carbons (Fsp3) is 0.727. The highest BCUT2D eigenvalue weighted by Gasteiger charge is 1.98. The largest absolute Gasteiger partial charge is 0.379 e. The molecule has 162 valence electrons. The SMILES string of the molecule is CCC(C)COCCOCCOCCOCCOCCOCc1ccccc1. The fourth-order valence-electron chi connectivity index (χ4n) is 2.16. The third-order valence-electron chi connectivity index (χ3n) is 4.07. The first-order valence-corrected chi connectivity index (χ1v) is 10.3. The van der Waals surface area contributed by atoms with Crippen LogP contribution in [0.4, 0.5) is 0 Å². The molecule has 1 unspecified atom stereocenters. The Bertz CT molecular complexity index is 428. The number of benzene rings is 1. The van der Waals surface area contributed by atoms with Crippen LogP contribution in [-0.4, -0.2) is 72.7 Å². The van der Waals surface area contributed by atoms with Crippen LogP contribution in [-0.2, 0) is 35.0 Å². The molecule has 0 radical (unpaired) electrons. The molecular formula is C22H38O6. The maximum absolute atomic E-state index is 5.54. The first-order chi connectivity index (χ1) is 13.8. The fourth-order valence-corrected chi connectivity index (χ4v) is 2.16. The predicted molar refractivity (Wildman–Crippen MR) is 110 cm³/mol. The van der Waals surface area contributed by atoms with Crippen molar-refractivity contribution in [1.82, 2.24) is 0 Å². The van der Waals surface area contributed by atoms with E-state index in [-0.39, 0.29) is 0 Å². The van der Waals surface area contributed by atoms with E-state index in [0.29, 0.717) is 78.6 Å². The Morgan fingerprint density at radius 3 is 1.50 bits per heavy atom. The highest BCUT2D eigenvalue weighted by atomic mass is 16.6. The summed E-state index contributed by atoms with van der Waals surface area (Å²) >= 11 is 0. The first-order valence-electron chi connectivity index (χ1n) is 10.3. The molecule has 0 heterocycles. The number of rotatable bonds is 20. The summed E-state index contributed by atoms with van der Waals surface area (Å²) in [4.78, 5) is 0. The van der Waals surface area contributed by atoms with Gasteiger partial charge >= 0.3 is 0 Å². The molecule has 0 saturated heterocycles. The Hall–Kier alpha value is -1.02. The van der Waals surface area contributed by atoms with Crippen molar-refractivity contribution in [2.24, 2.45) is 5.92 Å². The van der Waals surface area contributed by atoms with Crippen LogP contribution in [0, 0.1) is 5.92 Å². The lowest BCUT2D eigenvalue weighted by molar-refractivity contribution is -0.0190. The molecule has 1 aromatic rings. The summed E-state index contributed by atoms with van der Waals surface area (Å²) in [5.41, 5.74) is 1.17. The Labute approximate surface area is 170 Å². The quantitative estimate of drug-likeness (QED) is 0.314. The lowest BCUT2D eigenvalue weighted by atomic mass is 10.1. The second-order valence-electron chi connectivity index (χ2n) is 6.58. The van der Waals surface area contributed by atoms with Crippen molar-refractivity contribution in [3.8, 4) is 0 Å². The van der Waals surface area contributed by atoms with Gasteiger partial charge in [-0.05, 0) is 11.5 Å². The van der Waals surface area contributed by atoms with E-state index in [2.05, 4.69) is 13.8 Å². The zero-order chi connectivity index (χ0) is 20.1. The number of hydrogen-bond donors (Lipinski definition) is 0. The van der Waals surface area contributed by atoms with Crippen LogP contribution in [0.5, 0.6) is 0 Å². The maximum Gasteiger partial charge on any atom is 0.0718 e. The van der Waals surface area contributed by atoms with Crippen molar-refractivity contribution in [2.45, 2.75) is 26.9 Å². The Morgan fingerprint density at radius 1 is 0.607 bits per heavy atom. The first kappa shape index (κ1) is 25.0. The van der Waals surface area contributed by atoms with Gasteiger partial charge in [-0.2, -0.15) is 0 Å². The van der Waals surface area contributed by atoms with Crippen molar-refractivity contribution >= 4 is 0 Å². The molecule has 0 bridgehead atoms. The van der Waals surface area contributed by atoms with Crippen molar-refractivity contribution < 1.29 is 28.4 Å². The van der Waals surface area contributed by atoms with Gasteiger partial charge in [-0.15, -0.1) is 0 Å². The average Bonchev–Trinajstić information content (AvgIpc) is 2.73. The average molecular weight is 399 g/mol. The van der Waals surface area contributed by atoms with Gasteiger partial charge in [0.25, 0.3) is 0 Å². The minimum Gasteiger partial charge on any atom is -0.379 e. The summed E-state index contributed by atoms with van der Waals surface area (Å²) in [5, 5.41) is 0. The van der Waals surface area contributed by atoms with E-state index in [0.717, 1.165) is 13.0 Å². The molecule has 0 fully saturated rings. The Morgan fingerprint density at radius 2 is 1.04 bits per heavy atom. The van der Waals surface area contributed by atoms with Crippen LogP contribution in [0.15, 0.2) is 30.3 Å². The maximum atomic E-state index is 5.54. The normalized spacial score (nSPS) is 12.4. The Kier molecular flexibility index (Phi) is 17.2. The molecule has 1 rings (SSSR count). The van der Waals surface area contributed by atoms with E-state index in [1.165, 1.54) is 5.56 Å². The van der Waals surface area contributed by atoms with Gasteiger partial charge in [0.05, 0.1) is 72.7 Å². The second kappa shape index (κ2) is 19.3. The predicted octanol–water partition coefficient (Wildman–Crippen LogP) is 3.33. The van der Waals surface area contributed by atoms with E-state index in [9.17, 15) is 0 Å². The van der Waals surface area contributed by atoms with Crippen molar-refractivity contribution in [3.05, 3.63) is 35.9 Å². The van der Waals surface area contributed by atoms with Gasteiger partial charge < -0.3 is 28.4 Å². The standard InChI is InChI=1S/C22H38O6/c1-3-21(2)19-27-17-15-25-13-11-23-9-10-24-12-14-26-16-18-28-20-22-7-5-4-6-8-22/h4-8,21H,3,9-20H2,1-2H3. The van der Waals surface area contributed by atoms with Crippen LogP contribution in [0.1, 0.15) is 25.8 Å². The van der Waals surface area contributed by atoms with E-state index >= 15 is 0 Å². The van der Waals surface area contributed by atoms with Gasteiger partial charge in [0.15, 0.2) is 0 Å². The van der Waals surface area contributed by atoms with Crippen LogP contribution in [0.2, 0.25) is 0 Å². The highest BCUT2D eigenvalue weighted by Crippen LogP contribution is 2.00. The molecule has 0 aromatic heterocycles. The minimum atomic E-state index is 0.561. The summed E-state index contributed by atoms with van der Waals surface area (Å²) in [7, 11) is 0. The second-order valence-corrected chi connectivity index (χ2v) is 6.58. The van der Waals surface area contributed by atoms with E-state index in [1.807, 2.05) is 30.3 Å². The van der Waals surface area contributed by atoms with E-state index in [1.54, 1.807) is 0 Å². The van der Waals surface area contributed by atoms with Crippen LogP contribution in [0.3, 0.4) is 0 Å². The molecule has 0 saturated carbocycles. The molecule has 6 nitrogen and oxygen atoms in total. The molecule has 6 heteroatoms. The van der Waals surface area contributed by atoms with Crippen molar-refractivity contribution in [3.63, 3.8) is 0 Å². The number of ether oxygens (including phenoxy) is 6. The summed E-state index contributed by atoms with van der Waals surface area (Å²) in [6, 6.07) is 10.1. The van der Waals surface area contributed by atoms with Gasteiger partial charge in [0, 0.05) is 6.61 Å². The third kappa shape index (κ3) is 16.0. The molecule has 1 atom stereocenters. The summed E-state index contributed by atoms with van der Waals surface area (Å²) in [6.45, 7) is 11.6. The smallest absolute Gasteiger partial charge is 0.0718 e. The van der Waals surface area contributed by atoms with Crippen molar-refractivity contribution in [1.29, 1.82) is 0 Å². The summed E-state index contributed by atoms with van der Waals surface area (Å²) in [6.07, 6.45) is 1.14. The van der Waals surface area contributed by atoms with Crippen LogP contribution in [0.25, 0.3) is 0 Å². The zero-order valence-corrected chi connectivity index (χ0v) is 17.6. The van der Waals surface area contributed by atoms with Crippen LogP contribution < -0.4 is 0 Å². The highest BCUT2D eigenvalue weighted by molar-refractivity contribution is 5.13. The summed E-state index contributed by atoms with van der Waals surface area (Å²) < 4.78 is 32.9. The molecule has 28 heavy (non-hydrogen) atoms. The summed E-state index contributed by atoms with van der Waals surface area (Å²) in [5.74, 6) is 0.613. The molecular weight excluding hydrogens is 360 g/mol. The molecule has 1 aromatic carbocycles.